The topological polar surface area (TPSA) is 85.3 Å². The average molecular weight is 393 g/mol. The Bertz CT molecular complexity index is 750. The molecule has 2 rings (SSSR count). The summed E-state index contributed by atoms with van der Waals surface area (Å²) >= 11 is 4.61. The van der Waals surface area contributed by atoms with Crippen LogP contribution in [0.5, 0.6) is 0 Å². The van der Waals surface area contributed by atoms with Gasteiger partial charge in [0.15, 0.2) is 0 Å². The second-order valence-electron chi connectivity index (χ2n) is 4.77. The van der Waals surface area contributed by atoms with Crippen molar-refractivity contribution in [2.45, 2.75) is 38.3 Å². The highest BCUT2D eigenvalue weighted by molar-refractivity contribution is 9.11. The van der Waals surface area contributed by atoms with Gasteiger partial charge in [0.25, 0.3) is 0 Å². The zero-order valence-corrected chi connectivity index (χ0v) is 15.2. The van der Waals surface area contributed by atoms with Gasteiger partial charge in [-0.2, -0.15) is 0 Å². The highest BCUT2D eigenvalue weighted by atomic mass is 79.9. The van der Waals surface area contributed by atoms with E-state index in [1.54, 1.807) is 13.0 Å². The molecular formula is C13H17BrN2O3S2. The molecule has 116 valence electrons. The van der Waals surface area contributed by atoms with Crippen molar-refractivity contribution in [3.05, 3.63) is 37.9 Å². The maximum atomic E-state index is 12.5. The molecule has 1 atom stereocenters. The van der Waals surface area contributed by atoms with Gasteiger partial charge in [-0.1, -0.05) is 0 Å². The Morgan fingerprint density at radius 2 is 2.10 bits per heavy atom. The fraction of sp³-hybridized carbons (Fsp3) is 0.385. The first-order valence-electron chi connectivity index (χ1n) is 6.32. The Hall–Kier alpha value is -0.670. The third kappa shape index (κ3) is 3.57. The maximum absolute atomic E-state index is 12.5. The van der Waals surface area contributed by atoms with E-state index >= 15 is 0 Å². The van der Waals surface area contributed by atoms with E-state index in [0.29, 0.717) is 10.3 Å². The van der Waals surface area contributed by atoms with Gasteiger partial charge in [0, 0.05) is 23.0 Å². The Morgan fingerprint density at radius 1 is 1.43 bits per heavy atom. The highest BCUT2D eigenvalue weighted by Crippen LogP contribution is 2.32. The predicted octanol–water partition coefficient (Wildman–Crippen LogP) is 3.22. The summed E-state index contributed by atoms with van der Waals surface area (Å²) < 4.78 is 33.6. The van der Waals surface area contributed by atoms with Crippen molar-refractivity contribution >= 4 is 37.3 Å². The third-order valence-corrected chi connectivity index (χ3v) is 6.89. The number of hydrogen-bond acceptors (Lipinski definition) is 5. The largest absolute Gasteiger partial charge is 0.466 e. The van der Waals surface area contributed by atoms with E-state index in [0.717, 1.165) is 22.0 Å². The van der Waals surface area contributed by atoms with Crippen molar-refractivity contribution in [3.63, 3.8) is 0 Å². The van der Waals surface area contributed by atoms with E-state index in [9.17, 15) is 8.42 Å². The van der Waals surface area contributed by atoms with E-state index in [2.05, 4.69) is 20.7 Å². The molecule has 0 radical (unpaired) electrons. The number of aryl methyl sites for hydroxylation is 2. The van der Waals surface area contributed by atoms with Gasteiger partial charge in [0.2, 0.25) is 10.0 Å². The molecule has 5 nitrogen and oxygen atoms in total. The lowest BCUT2D eigenvalue weighted by Gasteiger charge is -2.13. The molecular weight excluding hydrogens is 376 g/mol. The van der Waals surface area contributed by atoms with Gasteiger partial charge in [-0.3, -0.25) is 0 Å². The van der Waals surface area contributed by atoms with E-state index in [-0.39, 0.29) is 10.9 Å². The SMILES string of the molecule is Cc1cc(C(C)NS(=O)(=O)c2cc(CN)sc2Br)c(C)o1. The minimum atomic E-state index is -3.62. The van der Waals surface area contributed by atoms with E-state index in [4.69, 9.17) is 10.2 Å². The molecule has 0 aromatic carbocycles. The van der Waals surface area contributed by atoms with Crippen LogP contribution in [0.3, 0.4) is 0 Å². The van der Waals surface area contributed by atoms with E-state index < -0.39 is 10.0 Å². The maximum Gasteiger partial charge on any atom is 0.243 e. The first-order chi connectivity index (χ1) is 9.74. The molecule has 0 saturated carbocycles. The summed E-state index contributed by atoms with van der Waals surface area (Å²) in [4.78, 5) is 1.03. The fourth-order valence-corrected chi connectivity index (χ4v) is 5.91. The standard InChI is InChI=1S/C13H17BrN2O3S2/c1-7-4-11(9(3)19-7)8(2)16-21(17,18)12-5-10(6-15)20-13(12)14/h4-5,8,16H,6,15H2,1-3H3. The molecule has 1 unspecified atom stereocenters. The smallest absolute Gasteiger partial charge is 0.243 e. The number of thiophene rings is 1. The Balaban J connectivity index is 2.28. The van der Waals surface area contributed by atoms with Gasteiger partial charge in [0.05, 0.1) is 3.79 Å². The Kier molecular flexibility index (Phi) is 4.94. The van der Waals surface area contributed by atoms with Crippen molar-refractivity contribution in [2.24, 2.45) is 5.73 Å². The number of nitrogens with one attached hydrogen (secondary N) is 1. The number of furan rings is 1. The molecule has 0 bridgehead atoms. The molecule has 2 aromatic heterocycles. The first-order valence-corrected chi connectivity index (χ1v) is 9.41. The van der Waals surface area contributed by atoms with Crippen molar-refractivity contribution < 1.29 is 12.8 Å². The van der Waals surface area contributed by atoms with Crippen LogP contribution < -0.4 is 10.5 Å². The van der Waals surface area contributed by atoms with Gasteiger partial charge in [-0.15, -0.1) is 11.3 Å². The summed E-state index contributed by atoms with van der Waals surface area (Å²) in [5.74, 6) is 1.48. The van der Waals surface area contributed by atoms with Gasteiger partial charge < -0.3 is 10.2 Å². The summed E-state index contributed by atoms with van der Waals surface area (Å²) in [5, 5.41) is 0. The lowest BCUT2D eigenvalue weighted by atomic mass is 10.1. The van der Waals surface area contributed by atoms with Crippen LogP contribution in [0.2, 0.25) is 0 Å². The second kappa shape index (κ2) is 6.21. The molecule has 8 heteroatoms. The number of nitrogens with two attached hydrogens (primary N) is 1. The predicted molar refractivity (Wildman–Crippen MR) is 86.8 cm³/mol. The number of halogens is 1. The molecule has 2 aromatic rings. The van der Waals surface area contributed by atoms with Gasteiger partial charge >= 0.3 is 0 Å². The van der Waals surface area contributed by atoms with E-state index in [1.807, 2.05) is 19.9 Å². The van der Waals surface area contributed by atoms with Gasteiger partial charge in [-0.25, -0.2) is 13.1 Å². The van der Waals surface area contributed by atoms with Crippen LogP contribution in [0.4, 0.5) is 0 Å². The minimum Gasteiger partial charge on any atom is -0.466 e. The van der Waals surface area contributed by atoms with Crippen molar-refractivity contribution in [1.29, 1.82) is 0 Å². The van der Waals surface area contributed by atoms with Gasteiger partial charge in [-0.05, 0) is 48.8 Å². The second-order valence-corrected chi connectivity index (χ2v) is 8.90. The van der Waals surface area contributed by atoms with Crippen LogP contribution in [-0.2, 0) is 16.6 Å². The summed E-state index contributed by atoms with van der Waals surface area (Å²) in [6.45, 7) is 5.76. The third-order valence-electron chi connectivity index (χ3n) is 3.08. The first kappa shape index (κ1) is 16.7. The van der Waals surface area contributed by atoms with Crippen LogP contribution in [0.1, 0.15) is 34.9 Å². The number of sulfonamides is 1. The summed E-state index contributed by atoms with van der Waals surface area (Å²) in [7, 11) is -3.62. The summed E-state index contributed by atoms with van der Waals surface area (Å²) in [6, 6.07) is 3.06. The molecule has 0 aliphatic rings. The molecule has 2 heterocycles. The highest BCUT2D eigenvalue weighted by Gasteiger charge is 2.24. The molecule has 0 fully saturated rings. The molecule has 0 aliphatic heterocycles. The summed E-state index contributed by atoms with van der Waals surface area (Å²) in [6.07, 6.45) is 0. The zero-order chi connectivity index (χ0) is 15.8. The van der Waals surface area contributed by atoms with Crippen LogP contribution in [0.25, 0.3) is 0 Å². The molecule has 0 amide bonds. The monoisotopic (exact) mass is 392 g/mol. The Labute approximate surface area is 136 Å². The quantitative estimate of drug-likeness (QED) is 0.817. The average Bonchev–Trinajstić information content (AvgIpc) is 2.91. The van der Waals surface area contributed by atoms with Crippen LogP contribution in [0, 0.1) is 13.8 Å². The lowest BCUT2D eigenvalue weighted by molar-refractivity contribution is 0.496. The van der Waals surface area contributed by atoms with Crippen molar-refractivity contribution in [3.8, 4) is 0 Å². The molecule has 0 aliphatic carbocycles. The Morgan fingerprint density at radius 3 is 2.57 bits per heavy atom. The van der Waals surface area contributed by atoms with Crippen LogP contribution in [-0.4, -0.2) is 8.42 Å². The number of hydrogen-bond donors (Lipinski definition) is 2. The van der Waals surface area contributed by atoms with Gasteiger partial charge in [0.1, 0.15) is 16.4 Å². The molecule has 3 N–H and O–H groups in total. The molecule has 0 spiro atoms. The summed E-state index contributed by atoms with van der Waals surface area (Å²) in [5.41, 5.74) is 6.39. The molecule has 0 saturated heterocycles. The number of rotatable bonds is 5. The molecule has 21 heavy (non-hydrogen) atoms. The van der Waals surface area contributed by atoms with E-state index in [1.165, 1.54) is 11.3 Å². The minimum absolute atomic E-state index is 0.220. The van der Waals surface area contributed by atoms with Crippen molar-refractivity contribution in [1.82, 2.24) is 4.72 Å². The van der Waals surface area contributed by atoms with Crippen LogP contribution in [0.15, 0.2) is 25.2 Å². The van der Waals surface area contributed by atoms with Crippen LogP contribution >= 0.6 is 27.3 Å². The fourth-order valence-electron chi connectivity index (χ4n) is 2.12. The zero-order valence-electron chi connectivity index (χ0n) is 11.9. The van der Waals surface area contributed by atoms with Crippen molar-refractivity contribution in [2.75, 3.05) is 0 Å². The normalized spacial score (nSPS) is 13.6. The lowest BCUT2D eigenvalue weighted by Crippen LogP contribution is -2.27.